The number of ether oxygens (including phenoxy) is 1. The summed E-state index contributed by atoms with van der Waals surface area (Å²) in [6.07, 6.45) is 0. The number of carboxylic acid groups (broad SMARTS) is 1. The fourth-order valence-corrected chi connectivity index (χ4v) is 3.35. The van der Waals surface area contributed by atoms with E-state index < -0.39 is 17.9 Å². The lowest BCUT2D eigenvalue weighted by Gasteiger charge is -2.29. The molecule has 1 aromatic rings. The van der Waals surface area contributed by atoms with Crippen LogP contribution in [0.3, 0.4) is 0 Å². The largest absolute Gasteiger partial charge is 0.481 e. The monoisotopic (exact) mass is 332 g/mol. The van der Waals surface area contributed by atoms with Crippen molar-refractivity contribution in [1.82, 2.24) is 10.2 Å². The highest BCUT2D eigenvalue weighted by atomic mass is 35.5. The summed E-state index contributed by atoms with van der Waals surface area (Å²) in [6, 6.07) is 2.90. The topological polar surface area (TPSA) is 78.9 Å². The molecule has 1 aromatic heterocycles. The molecular formula is C13H17ClN2O4S. The second-order valence-electron chi connectivity index (χ2n) is 4.70. The standard InChI is InChI=1S/C13H17ClN2O4S/c1-2-16(10-7-20-6-9(10)12(17)18)13(19)15-5-8-3-4-11(14)21-8/h3-4,9-10H,2,5-7H2,1H3,(H,15,19)(H,17,18). The average molecular weight is 333 g/mol. The van der Waals surface area contributed by atoms with Crippen molar-refractivity contribution in [2.75, 3.05) is 19.8 Å². The van der Waals surface area contributed by atoms with Gasteiger partial charge in [-0.2, -0.15) is 0 Å². The normalized spacial score (nSPS) is 21.2. The Labute approximate surface area is 131 Å². The Morgan fingerprint density at radius 1 is 1.52 bits per heavy atom. The van der Waals surface area contributed by atoms with Crippen molar-refractivity contribution < 1.29 is 19.4 Å². The molecule has 0 aliphatic carbocycles. The van der Waals surface area contributed by atoms with E-state index in [4.69, 9.17) is 21.4 Å². The number of urea groups is 1. The highest BCUT2D eigenvalue weighted by Gasteiger charge is 2.39. The van der Waals surface area contributed by atoms with Crippen LogP contribution in [0.15, 0.2) is 12.1 Å². The van der Waals surface area contributed by atoms with Gasteiger partial charge >= 0.3 is 12.0 Å². The first-order chi connectivity index (χ1) is 10.0. The van der Waals surface area contributed by atoms with Crippen LogP contribution in [-0.4, -0.2) is 47.8 Å². The molecule has 2 heterocycles. The van der Waals surface area contributed by atoms with Crippen molar-refractivity contribution >= 4 is 34.9 Å². The summed E-state index contributed by atoms with van der Waals surface area (Å²) in [5.74, 6) is -1.61. The van der Waals surface area contributed by atoms with Crippen LogP contribution in [0, 0.1) is 5.92 Å². The zero-order chi connectivity index (χ0) is 15.4. The van der Waals surface area contributed by atoms with Gasteiger partial charge in [0.1, 0.15) is 5.92 Å². The lowest BCUT2D eigenvalue weighted by Crippen LogP contribution is -2.50. The summed E-state index contributed by atoms with van der Waals surface area (Å²) in [7, 11) is 0. The Kier molecular flexibility index (Phi) is 5.44. The minimum atomic E-state index is -0.936. The minimum absolute atomic E-state index is 0.143. The fraction of sp³-hybridized carbons (Fsp3) is 0.538. The van der Waals surface area contributed by atoms with E-state index in [0.29, 0.717) is 17.4 Å². The Balaban J connectivity index is 1.96. The maximum absolute atomic E-state index is 12.2. The molecule has 0 saturated carbocycles. The number of halogens is 1. The summed E-state index contributed by atoms with van der Waals surface area (Å²) in [5.41, 5.74) is 0. The van der Waals surface area contributed by atoms with Gasteiger partial charge in [-0.15, -0.1) is 11.3 Å². The summed E-state index contributed by atoms with van der Waals surface area (Å²) < 4.78 is 5.88. The summed E-state index contributed by atoms with van der Waals surface area (Å²) in [5, 5.41) is 12.0. The summed E-state index contributed by atoms with van der Waals surface area (Å²) >= 11 is 7.24. The molecular weight excluding hydrogens is 316 g/mol. The van der Waals surface area contributed by atoms with Gasteiger partial charge in [-0.05, 0) is 19.1 Å². The average Bonchev–Trinajstić information content (AvgIpc) is 3.06. The van der Waals surface area contributed by atoms with Gasteiger partial charge in [-0.1, -0.05) is 11.6 Å². The lowest BCUT2D eigenvalue weighted by atomic mass is 10.0. The molecule has 2 N–H and O–H groups in total. The molecule has 0 radical (unpaired) electrons. The Bertz CT molecular complexity index is 522. The van der Waals surface area contributed by atoms with Gasteiger partial charge in [0.25, 0.3) is 0 Å². The van der Waals surface area contributed by atoms with E-state index in [1.165, 1.54) is 16.2 Å². The van der Waals surface area contributed by atoms with Crippen molar-refractivity contribution in [2.24, 2.45) is 5.92 Å². The molecule has 0 aromatic carbocycles. The predicted molar refractivity (Wildman–Crippen MR) is 79.7 cm³/mol. The zero-order valence-electron chi connectivity index (χ0n) is 11.5. The van der Waals surface area contributed by atoms with Crippen LogP contribution >= 0.6 is 22.9 Å². The number of carbonyl (C=O) groups is 2. The molecule has 2 amide bonds. The molecule has 116 valence electrons. The Hall–Kier alpha value is -1.31. The van der Waals surface area contributed by atoms with Gasteiger partial charge in [0.15, 0.2) is 0 Å². The van der Waals surface area contributed by atoms with Crippen LogP contribution < -0.4 is 5.32 Å². The molecule has 0 spiro atoms. The zero-order valence-corrected chi connectivity index (χ0v) is 13.1. The number of carboxylic acids is 1. The molecule has 2 unspecified atom stereocenters. The molecule has 2 atom stereocenters. The predicted octanol–water partition coefficient (Wildman–Crippen LogP) is 2.03. The van der Waals surface area contributed by atoms with E-state index in [9.17, 15) is 9.59 Å². The van der Waals surface area contributed by atoms with Crippen molar-refractivity contribution in [3.05, 3.63) is 21.3 Å². The maximum Gasteiger partial charge on any atom is 0.318 e. The van der Waals surface area contributed by atoms with Gasteiger partial charge in [-0.25, -0.2) is 4.79 Å². The van der Waals surface area contributed by atoms with Crippen LogP contribution in [-0.2, 0) is 16.1 Å². The van der Waals surface area contributed by atoms with E-state index >= 15 is 0 Å². The van der Waals surface area contributed by atoms with E-state index in [1.54, 1.807) is 6.07 Å². The lowest BCUT2D eigenvalue weighted by molar-refractivity contribution is -0.142. The number of nitrogens with one attached hydrogen (secondary N) is 1. The van der Waals surface area contributed by atoms with Crippen LogP contribution in [0.1, 0.15) is 11.8 Å². The van der Waals surface area contributed by atoms with Crippen molar-refractivity contribution in [2.45, 2.75) is 19.5 Å². The van der Waals surface area contributed by atoms with E-state index in [-0.39, 0.29) is 19.2 Å². The SMILES string of the molecule is CCN(C(=O)NCc1ccc(Cl)s1)C1COCC1C(=O)O. The first kappa shape index (κ1) is 16.1. The minimum Gasteiger partial charge on any atom is -0.481 e. The Morgan fingerprint density at radius 2 is 2.29 bits per heavy atom. The van der Waals surface area contributed by atoms with Crippen LogP contribution in [0.2, 0.25) is 4.34 Å². The van der Waals surface area contributed by atoms with Crippen molar-refractivity contribution in [1.29, 1.82) is 0 Å². The van der Waals surface area contributed by atoms with Crippen LogP contribution in [0.5, 0.6) is 0 Å². The molecule has 1 fully saturated rings. The third-order valence-electron chi connectivity index (χ3n) is 3.41. The summed E-state index contributed by atoms with van der Waals surface area (Å²) in [4.78, 5) is 25.9. The molecule has 8 heteroatoms. The summed E-state index contributed by atoms with van der Waals surface area (Å²) in [6.45, 7) is 3.01. The molecule has 21 heavy (non-hydrogen) atoms. The number of thiophene rings is 1. The number of hydrogen-bond donors (Lipinski definition) is 2. The van der Waals surface area contributed by atoms with Gasteiger partial charge in [0.2, 0.25) is 0 Å². The van der Waals surface area contributed by atoms with Gasteiger partial charge in [0, 0.05) is 11.4 Å². The third kappa shape index (κ3) is 3.87. The first-order valence-corrected chi connectivity index (χ1v) is 7.81. The number of nitrogens with zero attached hydrogens (tertiary/aromatic N) is 1. The molecule has 6 nitrogen and oxygen atoms in total. The Morgan fingerprint density at radius 3 is 2.86 bits per heavy atom. The second-order valence-corrected chi connectivity index (χ2v) is 6.50. The third-order valence-corrected chi connectivity index (χ3v) is 4.64. The number of hydrogen-bond acceptors (Lipinski definition) is 4. The molecule has 1 saturated heterocycles. The molecule has 0 bridgehead atoms. The van der Waals surface area contributed by atoms with Crippen molar-refractivity contribution in [3.8, 4) is 0 Å². The highest BCUT2D eigenvalue weighted by Crippen LogP contribution is 2.22. The van der Waals surface area contributed by atoms with Gasteiger partial charge < -0.3 is 20.1 Å². The first-order valence-electron chi connectivity index (χ1n) is 6.62. The number of rotatable bonds is 5. The quantitative estimate of drug-likeness (QED) is 0.864. The smallest absolute Gasteiger partial charge is 0.318 e. The molecule has 1 aliphatic heterocycles. The molecule has 1 aliphatic rings. The number of likely N-dealkylation sites (N-methyl/N-ethyl adjacent to an activating group) is 1. The highest BCUT2D eigenvalue weighted by molar-refractivity contribution is 7.16. The molecule has 2 rings (SSSR count). The van der Waals surface area contributed by atoms with E-state index in [2.05, 4.69) is 5.32 Å². The van der Waals surface area contributed by atoms with Crippen LogP contribution in [0.4, 0.5) is 4.79 Å². The fourth-order valence-electron chi connectivity index (χ4n) is 2.33. The van der Waals surface area contributed by atoms with Crippen molar-refractivity contribution in [3.63, 3.8) is 0 Å². The van der Waals surface area contributed by atoms with E-state index in [0.717, 1.165) is 4.88 Å². The maximum atomic E-state index is 12.2. The number of amides is 2. The van der Waals surface area contributed by atoms with Crippen LogP contribution in [0.25, 0.3) is 0 Å². The second kappa shape index (κ2) is 7.11. The number of carbonyl (C=O) groups excluding carboxylic acids is 1. The van der Waals surface area contributed by atoms with E-state index in [1.807, 2.05) is 13.0 Å². The van der Waals surface area contributed by atoms with Gasteiger partial charge in [0.05, 0.1) is 30.1 Å². The van der Waals surface area contributed by atoms with Gasteiger partial charge in [-0.3, -0.25) is 4.79 Å². The number of aliphatic carboxylic acids is 1.